The van der Waals surface area contributed by atoms with Crippen LogP contribution in [0.2, 0.25) is 0 Å². The van der Waals surface area contributed by atoms with Gasteiger partial charge in [0.15, 0.2) is 0 Å². The molecule has 1 aliphatic rings. The van der Waals surface area contributed by atoms with Gasteiger partial charge in [0.1, 0.15) is 0 Å². The molecule has 0 bridgehead atoms. The number of nitrogens with one attached hydrogen (secondary N) is 1. The number of aromatic nitrogens is 2. The monoisotopic (exact) mass is 207 g/mol. The standard InChI is InChI=1S/C11H17N3O/c1-3-10-8(5-13-11(10)15)4-9-6-12-7-14(9)2/h6-8,10H,3-5H2,1-2H3,(H,13,15)/t8-,10-/m0/s1. The van der Waals surface area contributed by atoms with Crippen LogP contribution in [0.4, 0.5) is 0 Å². The molecule has 0 aliphatic carbocycles. The van der Waals surface area contributed by atoms with E-state index in [-0.39, 0.29) is 11.8 Å². The first-order valence-electron chi connectivity index (χ1n) is 5.45. The maximum absolute atomic E-state index is 11.5. The fourth-order valence-electron chi connectivity index (χ4n) is 2.30. The van der Waals surface area contributed by atoms with Crippen LogP contribution in [0.3, 0.4) is 0 Å². The van der Waals surface area contributed by atoms with Crippen molar-refractivity contribution < 1.29 is 4.79 Å². The van der Waals surface area contributed by atoms with Crippen molar-refractivity contribution in [2.45, 2.75) is 19.8 Å². The van der Waals surface area contributed by atoms with E-state index in [9.17, 15) is 4.79 Å². The Hall–Kier alpha value is -1.32. The molecular formula is C11H17N3O. The number of carbonyl (C=O) groups excluding carboxylic acids is 1. The number of rotatable bonds is 3. The van der Waals surface area contributed by atoms with Gasteiger partial charge in [-0.1, -0.05) is 6.92 Å². The predicted octanol–water partition coefficient (Wildman–Crippen LogP) is 0.735. The molecule has 0 unspecified atom stereocenters. The van der Waals surface area contributed by atoms with E-state index in [4.69, 9.17) is 0 Å². The fourth-order valence-corrected chi connectivity index (χ4v) is 2.30. The first kappa shape index (κ1) is 10.2. The maximum Gasteiger partial charge on any atom is 0.223 e. The molecule has 2 heterocycles. The van der Waals surface area contributed by atoms with E-state index < -0.39 is 0 Å². The van der Waals surface area contributed by atoms with Crippen molar-refractivity contribution in [1.82, 2.24) is 14.9 Å². The molecule has 82 valence electrons. The Kier molecular flexibility index (Phi) is 2.75. The van der Waals surface area contributed by atoms with Crippen molar-refractivity contribution in [2.75, 3.05) is 6.54 Å². The fraction of sp³-hybridized carbons (Fsp3) is 0.636. The summed E-state index contributed by atoms with van der Waals surface area (Å²) in [4.78, 5) is 15.6. The van der Waals surface area contributed by atoms with Crippen LogP contribution in [-0.2, 0) is 18.3 Å². The molecule has 2 rings (SSSR count). The van der Waals surface area contributed by atoms with Crippen molar-refractivity contribution >= 4 is 5.91 Å². The van der Waals surface area contributed by atoms with Gasteiger partial charge in [-0.25, -0.2) is 4.98 Å². The van der Waals surface area contributed by atoms with Crippen molar-refractivity contribution in [3.8, 4) is 0 Å². The van der Waals surface area contributed by atoms with E-state index in [0.717, 1.165) is 19.4 Å². The van der Waals surface area contributed by atoms with E-state index >= 15 is 0 Å². The van der Waals surface area contributed by atoms with Gasteiger partial charge in [0.2, 0.25) is 5.91 Å². The molecule has 1 saturated heterocycles. The van der Waals surface area contributed by atoms with Gasteiger partial charge in [-0.3, -0.25) is 4.79 Å². The summed E-state index contributed by atoms with van der Waals surface area (Å²) >= 11 is 0. The summed E-state index contributed by atoms with van der Waals surface area (Å²) in [5.41, 5.74) is 1.20. The second-order valence-corrected chi connectivity index (χ2v) is 4.22. The highest BCUT2D eigenvalue weighted by Gasteiger charge is 2.33. The van der Waals surface area contributed by atoms with Crippen LogP contribution in [0.5, 0.6) is 0 Å². The molecule has 0 spiro atoms. The van der Waals surface area contributed by atoms with Crippen LogP contribution in [0.25, 0.3) is 0 Å². The smallest absolute Gasteiger partial charge is 0.223 e. The lowest BCUT2D eigenvalue weighted by Gasteiger charge is -2.14. The molecule has 1 aromatic rings. The van der Waals surface area contributed by atoms with Gasteiger partial charge in [0.25, 0.3) is 0 Å². The Balaban J connectivity index is 2.06. The van der Waals surface area contributed by atoms with Crippen molar-refractivity contribution in [3.63, 3.8) is 0 Å². The van der Waals surface area contributed by atoms with Crippen LogP contribution in [0.15, 0.2) is 12.5 Å². The third-order valence-electron chi connectivity index (χ3n) is 3.27. The van der Waals surface area contributed by atoms with Crippen LogP contribution in [0.1, 0.15) is 19.0 Å². The van der Waals surface area contributed by atoms with E-state index in [2.05, 4.69) is 17.2 Å². The molecule has 1 fully saturated rings. The molecule has 1 N–H and O–H groups in total. The zero-order valence-electron chi connectivity index (χ0n) is 9.23. The minimum Gasteiger partial charge on any atom is -0.356 e. The Morgan fingerprint density at radius 1 is 1.67 bits per heavy atom. The van der Waals surface area contributed by atoms with E-state index in [1.165, 1.54) is 5.69 Å². The van der Waals surface area contributed by atoms with Gasteiger partial charge in [-0.15, -0.1) is 0 Å². The minimum atomic E-state index is 0.180. The van der Waals surface area contributed by atoms with E-state index in [1.54, 1.807) is 6.33 Å². The molecular weight excluding hydrogens is 190 g/mol. The van der Waals surface area contributed by atoms with Gasteiger partial charge < -0.3 is 9.88 Å². The summed E-state index contributed by atoms with van der Waals surface area (Å²) in [6.07, 6.45) is 5.55. The van der Waals surface area contributed by atoms with Gasteiger partial charge in [0, 0.05) is 31.4 Å². The molecule has 4 nitrogen and oxygen atoms in total. The third-order valence-corrected chi connectivity index (χ3v) is 3.27. The zero-order valence-corrected chi connectivity index (χ0v) is 9.23. The first-order chi connectivity index (χ1) is 7.22. The van der Waals surface area contributed by atoms with Crippen LogP contribution in [0, 0.1) is 11.8 Å². The lowest BCUT2D eigenvalue weighted by Crippen LogP contribution is -2.19. The number of hydrogen-bond donors (Lipinski definition) is 1. The average Bonchev–Trinajstić information content (AvgIpc) is 2.76. The SMILES string of the molecule is CC[C@@H]1C(=O)NC[C@@H]1Cc1cncn1C. The van der Waals surface area contributed by atoms with Gasteiger partial charge >= 0.3 is 0 Å². The second kappa shape index (κ2) is 4.04. The first-order valence-corrected chi connectivity index (χ1v) is 5.45. The molecule has 0 saturated carbocycles. The summed E-state index contributed by atoms with van der Waals surface area (Å²) in [7, 11) is 1.99. The highest BCUT2D eigenvalue weighted by atomic mass is 16.2. The normalized spacial score (nSPS) is 25.6. The van der Waals surface area contributed by atoms with Crippen molar-refractivity contribution in [1.29, 1.82) is 0 Å². The molecule has 15 heavy (non-hydrogen) atoms. The number of amides is 1. The number of carbonyl (C=O) groups is 1. The van der Waals surface area contributed by atoms with Gasteiger partial charge in [0.05, 0.1) is 6.33 Å². The lowest BCUT2D eigenvalue weighted by atomic mass is 9.89. The van der Waals surface area contributed by atoms with Crippen LogP contribution >= 0.6 is 0 Å². The van der Waals surface area contributed by atoms with Gasteiger partial charge in [-0.05, 0) is 18.8 Å². The summed E-state index contributed by atoms with van der Waals surface area (Å²) in [5.74, 6) is 0.822. The highest BCUT2D eigenvalue weighted by molar-refractivity contribution is 5.81. The number of hydrogen-bond acceptors (Lipinski definition) is 2. The van der Waals surface area contributed by atoms with Crippen molar-refractivity contribution in [2.24, 2.45) is 18.9 Å². The van der Waals surface area contributed by atoms with Crippen LogP contribution < -0.4 is 5.32 Å². The molecule has 4 heteroatoms. The summed E-state index contributed by atoms with van der Waals surface area (Å²) in [6, 6.07) is 0. The Bertz CT molecular complexity index is 358. The minimum absolute atomic E-state index is 0.180. The topological polar surface area (TPSA) is 46.9 Å². The summed E-state index contributed by atoms with van der Waals surface area (Å²) in [5, 5.41) is 2.93. The van der Waals surface area contributed by atoms with Gasteiger partial charge in [-0.2, -0.15) is 0 Å². The Morgan fingerprint density at radius 2 is 2.47 bits per heavy atom. The lowest BCUT2D eigenvalue weighted by molar-refractivity contribution is -0.123. The quantitative estimate of drug-likeness (QED) is 0.794. The predicted molar refractivity (Wildman–Crippen MR) is 57.2 cm³/mol. The van der Waals surface area contributed by atoms with E-state index in [1.807, 2.05) is 17.8 Å². The summed E-state index contributed by atoms with van der Waals surface area (Å²) in [6.45, 7) is 2.88. The van der Waals surface area contributed by atoms with Crippen LogP contribution in [-0.4, -0.2) is 22.0 Å². The van der Waals surface area contributed by atoms with Crippen molar-refractivity contribution in [3.05, 3.63) is 18.2 Å². The molecule has 1 aliphatic heterocycles. The number of imidazole rings is 1. The van der Waals surface area contributed by atoms with E-state index in [0.29, 0.717) is 5.92 Å². The highest BCUT2D eigenvalue weighted by Crippen LogP contribution is 2.24. The maximum atomic E-state index is 11.5. The average molecular weight is 207 g/mol. The largest absolute Gasteiger partial charge is 0.356 e. The molecule has 1 aromatic heterocycles. The zero-order chi connectivity index (χ0) is 10.8. The molecule has 0 radical (unpaired) electrons. The number of aryl methyl sites for hydroxylation is 1. The summed E-state index contributed by atoms with van der Waals surface area (Å²) < 4.78 is 2.02. The number of nitrogens with zero attached hydrogens (tertiary/aromatic N) is 2. The Labute approximate surface area is 89.7 Å². The Morgan fingerprint density at radius 3 is 3.07 bits per heavy atom. The molecule has 0 aromatic carbocycles. The molecule has 1 amide bonds. The second-order valence-electron chi connectivity index (χ2n) is 4.22. The molecule has 2 atom stereocenters. The third kappa shape index (κ3) is 1.89.